The smallest absolute Gasteiger partial charge is 0.224 e. The lowest BCUT2D eigenvalue weighted by molar-refractivity contribution is -0.132. The van der Waals surface area contributed by atoms with E-state index in [0.29, 0.717) is 12.3 Å². The summed E-state index contributed by atoms with van der Waals surface area (Å²) in [5.41, 5.74) is 2.72. The first-order valence-electron chi connectivity index (χ1n) is 7.87. The molecule has 1 saturated heterocycles. The van der Waals surface area contributed by atoms with Crippen molar-refractivity contribution in [3.8, 4) is 0 Å². The van der Waals surface area contributed by atoms with E-state index in [4.69, 9.17) is 0 Å². The number of carbonyl (C=O) groups excluding carboxylic acids is 1. The first-order chi connectivity index (χ1) is 9.74. The number of carbonyl (C=O) groups is 1. The number of hydrogen-bond acceptors (Lipinski definition) is 2. The highest BCUT2D eigenvalue weighted by Crippen LogP contribution is 2.20. The number of likely N-dealkylation sites (tertiary alicyclic amines) is 1. The number of aromatic nitrogens is 1. The van der Waals surface area contributed by atoms with Crippen LogP contribution in [-0.4, -0.2) is 46.5 Å². The Kier molecular flexibility index (Phi) is 4.10. The molecule has 0 saturated carbocycles. The number of piperidine rings is 1. The van der Waals surface area contributed by atoms with Gasteiger partial charge in [0.1, 0.15) is 0 Å². The zero-order valence-electron chi connectivity index (χ0n) is 12.5. The lowest BCUT2D eigenvalue weighted by atomic mass is 10.1. The Hall–Kier alpha value is -1.29. The molecule has 3 heterocycles. The highest BCUT2D eigenvalue weighted by Gasteiger charge is 2.22. The highest BCUT2D eigenvalue weighted by molar-refractivity contribution is 5.76. The highest BCUT2D eigenvalue weighted by atomic mass is 16.2. The van der Waals surface area contributed by atoms with Crippen molar-refractivity contribution in [1.82, 2.24) is 14.4 Å². The van der Waals surface area contributed by atoms with E-state index in [2.05, 4.69) is 28.8 Å². The van der Waals surface area contributed by atoms with Gasteiger partial charge in [0.2, 0.25) is 5.91 Å². The van der Waals surface area contributed by atoms with Crippen LogP contribution in [-0.2, 0) is 24.8 Å². The summed E-state index contributed by atoms with van der Waals surface area (Å²) in [5, 5.41) is 0. The molecule has 1 aromatic rings. The summed E-state index contributed by atoms with van der Waals surface area (Å²) in [4.78, 5) is 16.8. The van der Waals surface area contributed by atoms with Crippen molar-refractivity contribution in [2.75, 3.05) is 26.2 Å². The molecule has 0 bridgehead atoms. The van der Waals surface area contributed by atoms with Crippen molar-refractivity contribution in [3.63, 3.8) is 0 Å². The standard InChI is InChI=1S/C16H25N3O/c1-17-10-5-14-13-19(12-6-15(14)17)16(20)7-11-18-8-3-2-4-9-18/h5,10H,2-4,6-9,11-13H2,1H3. The van der Waals surface area contributed by atoms with E-state index in [1.165, 1.54) is 43.6 Å². The van der Waals surface area contributed by atoms with Gasteiger partial charge in [-0.2, -0.15) is 0 Å². The van der Waals surface area contributed by atoms with E-state index in [0.717, 1.165) is 26.1 Å². The molecule has 2 aliphatic heterocycles. The molecule has 0 spiro atoms. The van der Waals surface area contributed by atoms with Crippen LogP contribution in [0.1, 0.15) is 36.9 Å². The summed E-state index contributed by atoms with van der Waals surface area (Å²) in [6, 6.07) is 2.15. The Balaban J connectivity index is 1.51. The maximum atomic E-state index is 12.3. The van der Waals surface area contributed by atoms with E-state index < -0.39 is 0 Å². The molecule has 0 radical (unpaired) electrons. The van der Waals surface area contributed by atoms with Gasteiger partial charge in [-0.3, -0.25) is 4.79 Å². The van der Waals surface area contributed by atoms with Crippen LogP contribution in [0.4, 0.5) is 0 Å². The minimum Gasteiger partial charge on any atom is -0.354 e. The third-order valence-electron chi connectivity index (χ3n) is 4.72. The Morgan fingerprint density at radius 2 is 2.00 bits per heavy atom. The van der Waals surface area contributed by atoms with Crippen LogP contribution in [0, 0.1) is 0 Å². The van der Waals surface area contributed by atoms with Crippen LogP contribution in [0.3, 0.4) is 0 Å². The normalized spacial score (nSPS) is 19.9. The van der Waals surface area contributed by atoms with Gasteiger partial charge >= 0.3 is 0 Å². The summed E-state index contributed by atoms with van der Waals surface area (Å²) in [5.74, 6) is 0.324. The number of amides is 1. The monoisotopic (exact) mass is 275 g/mol. The molecule has 0 unspecified atom stereocenters. The van der Waals surface area contributed by atoms with Crippen molar-refractivity contribution in [2.45, 2.75) is 38.6 Å². The zero-order chi connectivity index (χ0) is 13.9. The predicted molar refractivity (Wildman–Crippen MR) is 79.4 cm³/mol. The van der Waals surface area contributed by atoms with Crippen molar-refractivity contribution in [2.24, 2.45) is 7.05 Å². The van der Waals surface area contributed by atoms with E-state index in [1.54, 1.807) is 0 Å². The molecule has 0 atom stereocenters. The lowest BCUT2D eigenvalue weighted by Crippen LogP contribution is -2.39. The molecule has 4 heteroatoms. The van der Waals surface area contributed by atoms with E-state index in [9.17, 15) is 4.79 Å². The summed E-state index contributed by atoms with van der Waals surface area (Å²) in [6.45, 7) is 4.97. The first kappa shape index (κ1) is 13.7. The van der Waals surface area contributed by atoms with Crippen molar-refractivity contribution < 1.29 is 4.79 Å². The van der Waals surface area contributed by atoms with Crippen LogP contribution in [0.5, 0.6) is 0 Å². The minimum atomic E-state index is 0.324. The van der Waals surface area contributed by atoms with Gasteiger partial charge in [-0.15, -0.1) is 0 Å². The zero-order valence-corrected chi connectivity index (χ0v) is 12.5. The fourth-order valence-electron chi connectivity index (χ4n) is 3.43. The van der Waals surface area contributed by atoms with E-state index >= 15 is 0 Å². The fraction of sp³-hybridized carbons (Fsp3) is 0.688. The van der Waals surface area contributed by atoms with Gasteiger partial charge in [0.15, 0.2) is 0 Å². The van der Waals surface area contributed by atoms with Crippen LogP contribution < -0.4 is 0 Å². The van der Waals surface area contributed by atoms with Crippen molar-refractivity contribution >= 4 is 5.91 Å². The molecule has 3 rings (SSSR count). The maximum absolute atomic E-state index is 12.3. The number of nitrogens with zero attached hydrogens (tertiary/aromatic N) is 3. The van der Waals surface area contributed by atoms with Crippen LogP contribution in [0.25, 0.3) is 0 Å². The van der Waals surface area contributed by atoms with E-state index in [1.807, 2.05) is 4.90 Å². The Labute approximate surface area is 121 Å². The molecular weight excluding hydrogens is 250 g/mol. The average molecular weight is 275 g/mol. The molecule has 1 aromatic heterocycles. The topological polar surface area (TPSA) is 28.5 Å². The van der Waals surface area contributed by atoms with Crippen molar-refractivity contribution in [1.29, 1.82) is 0 Å². The summed E-state index contributed by atoms with van der Waals surface area (Å²) in [7, 11) is 2.09. The van der Waals surface area contributed by atoms with Gasteiger partial charge in [0.05, 0.1) is 0 Å². The van der Waals surface area contributed by atoms with Crippen LogP contribution in [0.2, 0.25) is 0 Å². The number of hydrogen-bond donors (Lipinski definition) is 0. The van der Waals surface area contributed by atoms with Gasteiger partial charge < -0.3 is 14.4 Å². The molecule has 1 amide bonds. The van der Waals surface area contributed by atoms with E-state index in [-0.39, 0.29) is 0 Å². The predicted octanol–water partition coefficient (Wildman–Crippen LogP) is 1.79. The number of fused-ring (bicyclic) bond motifs is 1. The first-order valence-corrected chi connectivity index (χ1v) is 7.87. The molecular formula is C16H25N3O. The third-order valence-corrected chi connectivity index (χ3v) is 4.72. The second-order valence-electron chi connectivity index (χ2n) is 6.12. The fourth-order valence-corrected chi connectivity index (χ4v) is 3.43. The van der Waals surface area contributed by atoms with Gasteiger partial charge in [-0.1, -0.05) is 6.42 Å². The average Bonchev–Trinajstić information content (AvgIpc) is 2.87. The second-order valence-corrected chi connectivity index (χ2v) is 6.12. The molecule has 1 fully saturated rings. The molecule has 0 aliphatic carbocycles. The van der Waals surface area contributed by atoms with Gasteiger partial charge in [0.25, 0.3) is 0 Å². The second kappa shape index (κ2) is 6.00. The largest absolute Gasteiger partial charge is 0.354 e. The van der Waals surface area contributed by atoms with Crippen LogP contribution in [0.15, 0.2) is 12.3 Å². The molecule has 4 nitrogen and oxygen atoms in total. The van der Waals surface area contributed by atoms with Gasteiger partial charge in [-0.05, 0) is 37.6 Å². The van der Waals surface area contributed by atoms with Crippen LogP contribution >= 0.6 is 0 Å². The Morgan fingerprint density at radius 1 is 1.20 bits per heavy atom. The number of rotatable bonds is 3. The summed E-state index contributed by atoms with van der Waals surface area (Å²) < 4.78 is 2.19. The van der Waals surface area contributed by atoms with Gasteiger partial charge in [0, 0.05) is 51.4 Å². The lowest BCUT2D eigenvalue weighted by Gasteiger charge is -2.30. The molecule has 2 aliphatic rings. The summed E-state index contributed by atoms with van der Waals surface area (Å²) >= 11 is 0. The molecule has 20 heavy (non-hydrogen) atoms. The summed E-state index contributed by atoms with van der Waals surface area (Å²) in [6.07, 6.45) is 7.73. The number of aryl methyl sites for hydroxylation is 1. The molecule has 0 N–H and O–H groups in total. The van der Waals surface area contributed by atoms with Gasteiger partial charge in [-0.25, -0.2) is 0 Å². The van der Waals surface area contributed by atoms with Crippen molar-refractivity contribution in [3.05, 3.63) is 23.5 Å². The molecule has 0 aromatic carbocycles. The maximum Gasteiger partial charge on any atom is 0.224 e. The SMILES string of the molecule is Cn1ccc2c1CCN(C(=O)CCN1CCCCC1)C2. The Bertz CT molecular complexity index is 474. The quantitative estimate of drug-likeness (QED) is 0.841. The molecule has 110 valence electrons. The Morgan fingerprint density at radius 3 is 2.80 bits per heavy atom. The minimum absolute atomic E-state index is 0.324. The third kappa shape index (κ3) is 2.90.